The van der Waals surface area contributed by atoms with E-state index in [1.54, 1.807) is 5.48 Å². The number of nitrogens with one attached hydrogen (secondary N) is 1. The van der Waals surface area contributed by atoms with E-state index in [9.17, 15) is 19.2 Å². The van der Waals surface area contributed by atoms with Crippen LogP contribution in [-0.2, 0) is 33.3 Å². The highest BCUT2D eigenvalue weighted by molar-refractivity contribution is 5.76. The van der Waals surface area contributed by atoms with Gasteiger partial charge in [-0.1, -0.05) is 0 Å². The van der Waals surface area contributed by atoms with Crippen LogP contribution >= 0.6 is 0 Å². The number of carbonyl (C=O) groups excluding carboxylic acids is 3. The van der Waals surface area contributed by atoms with E-state index in [-0.39, 0.29) is 23.6 Å². The number of carbonyl (C=O) groups is 3. The summed E-state index contributed by atoms with van der Waals surface area (Å²) in [6.07, 6.45) is -1.36. The number of aromatic nitrogens is 2. The second kappa shape index (κ2) is 8.75. The van der Waals surface area contributed by atoms with E-state index in [1.165, 1.54) is 12.3 Å². The molecule has 178 valence electrons. The molecule has 1 aromatic heterocycles. The van der Waals surface area contributed by atoms with Crippen molar-refractivity contribution in [2.24, 2.45) is 17.8 Å². The summed E-state index contributed by atoms with van der Waals surface area (Å²) < 4.78 is 32.4. The molecule has 3 saturated carbocycles. The van der Waals surface area contributed by atoms with E-state index >= 15 is 0 Å². The summed E-state index contributed by atoms with van der Waals surface area (Å²) in [5.74, 6) is -2.73. The third kappa shape index (κ3) is 4.86. The first-order valence-electron chi connectivity index (χ1n) is 11.5. The molecule has 1 aromatic rings. The molecule has 12 heteroatoms. The molecule has 33 heavy (non-hydrogen) atoms. The zero-order chi connectivity index (χ0) is 24.0. The lowest BCUT2D eigenvalue weighted by molar-refractivity contribution is -0.171. The molecule has 5 rings (SSSR count). The Hall–Kier alpha value is -2.99. The van der Waals surface area contributed by atoms with Gasteiger partial charge < -0.3 is 18.9 Å². The van der Waals surface area contributed by atoms with E-state index in [2.05, 4.69) is 4.98 Å². The maximum absolute atomic E-state index is 12.6. The van der Waals surface area contributed by atoms with Crippen LogP contribution in [0.4, 0.5) is 5.82 Å². The van der Waals surface area contributed by atoms with Crippen molar-refractivity contribution in [3.8, 4) is 0 Å². The summed E-state index contributed by atoms with van der Waals surface area (Å²) in [7, 11) is 0. The van der Waals surface area contributed by atoms with Gasteiger partial charge in [-0.05, 0) is 44.6 Å². The van der Waals surface area contributed by atoms with Gasteiger partial charge in [-0.25, -0.2) is 4.79 Å². The number of rotatable bonds is 9. The summed E-state index contributed by atoms with van der Waals surface area (Å²) in [5, 5.41) is 9.01. The first kappa shape index (κ1) is 20.6. The highest BCUT2D eigenvalue weighted by Gasteiger charge is 2.53. The van der Waals surface area contributed by atoms with Crippen molar-refractivity contribution >= 4 is 23.7 Å². The molecule has 12 nitrogen and oxygen atoms in total. The molecular weight excluding hydrogens is 438 g/mol. The predicted molar refractivity (Wildman–Crippen MR) is 107 cm³/mol. The molecule has 0 spiro atoms. The standard InChI is InChI=1S/C21H25N3O9/c25-18(10-1-2-10)30-9-13-15(32-19(26)11-3-4-11)16(33-20(27)12-5-6-12)17(31-13)24-8-7-14(23-29)22-21(24)28/h7-8,10-13,15-17,29H,1-6,9H2,(H,22,23,28)/t13-,15-,16?,17-/m1/s1/i15D. The fraction of sp³-hybridized carbons (Fsp3) is 0.667. The van der Waals surface area contributed by atoms with Gasteiger partial charge in [-0.2, -0.15) is 4.98 Å². The fourth-order valence-corrected chi connectivity index (χ4v) is 3.53. The summed E-state index contributed by atoms with van der Waals surface area (Å²) in [6, 6.07) is 1.27. The molecule has 0 aromatic carbocycles. The van der Waals surface area contributed by atoms with E-state index in [4.69, 9.17) is 25.5 Å². The van der Waals surface area contributed by atoms with Crippen LogP contribution in [0.1, 0.15) is 46.1 Å². The number of ether oxygens (including phenoxy) is 4. The van der Waals surface area contributed by atoms with E-state index < -0.39 is 54.7 Å². The van der Waals surface area contributed by atoms with Crippen LogP contribution in [0.3, 0.4) is 0 Å². The fourth-order valence-electron chi connectivity index (χ4n) is 3.53. The SMILES string of the molecule is [2H][C@]1(OC(=O)C2CC2)C(OC(=O)C2CC2)[C@H](n2ccc(NO)nc2=O)O[C@@H]1COC(=O)C1CC1. The molecule has 2 heterocycles. The molecule has 0 amide bonds. The molecule has 0 bridgehead atoms. The quantitative estimate of drug-likeness (QED) is 0.299. The van der Waals surface area contributed by atoms with E-state index in [1.807, 2.05) is 0 Å². The Morgan fingerprint density at radius 2 is 1.70 bits per heavy atom. The van der Waals surface area contributed by atoms with Crippen molar-refractivity contribution < 1.29 is 39.9 Å². The molecule has 0 radical (unpaired) electrons. The molecular formula is C21H25N3O9. The largest absolute Gasteiger partial charge is 0.463 e. The Kier molecular flexibility index (Phi) is 5.46. The van der Waals surface area contributed by atoms with Gasteiger partial charge in [0.05, 0.1) is 19.1 Å². The minimum absolute atomic E-state index is 0.127. The Bertz CT molecular complexity index is 1050. The van der Waals surface area contributed by atoms with Crippen molar-refractivity contribution in [3.63, 3.8) is 0 Å². The summed E-state index contributed by atoms with van der Waals surface area (Å²) in [5.41, 5.74) is 0.885. The molecule has 4 atom stereocenters. The average Bonchev–Trinajstić information content (AvgIpc) is 3.65. The molecule has 1 unspecified atom stereocenters. The smallest absolute Gasteiger partial charge is 0.351 e. The zero-order valence-electron chi connectivity index (χ0n) is 18.7. The van der Waals surface area contributed by atoms with Gasteiger partial charge in [-0.3, -0.25) is 29.6 Å². The summed E-state index contributed by atoms with van der Waals surface area (Å²) in [6.45, 7) is -0.427. The zero-order valence-corrected chi connectivity index (χ0v) is 17.7. The summed E-state index contributed by atoms with van der Waals surface area (Å²) >= 11 is 0. The highest BCUT2D eigenvalue weighted by Crippen LogP contribution is 2.39. The summed E-state index contributed by atoms with van der Waals surface area (Å²) in [4.78, 5) is 53.5. The van der Waals surface area contributed by atoms with Crippen molar-refractivity contribution in [1.82, 2.24) is 9.55 Å². The Morgan fingerprint density at radius 1 is 1.09 bits per heavy atom. The van der Waals surface area contributed by atoms with Crippen LogP contribution in [0, 0.1) is 17.8 Å². The molecule has 1 saturated heterocycles. The van der Waals surface area contributed by atoms with Gasteiger partial charge in [0, 0.05) is 6.20 Å². The molecule has 2 N–H and O–H groups in total. The van der Waals surface area contributed by atoms with E-state index in [0.29, 0.717) is 38.5 Å². The van der Waals surface area contributed by atoms with Gasteiger partial charge in [-0.15, -0.1) is 0 Å². The lowest BCUT2D eigenvalue weighted by Crippen LogP contribution is -2.43. The third-order valence-electron chi connectivity index (χ3n) is 5.95. The van der Waals surface area contributed by atoms with Crippen molar-refractivity contribution in [1.29, 1.82) is 0 Å². The van der Waals surface area contributed by atoms with Crippen molar-refractivity contribution in [2.75, 3.05) is 12.1 Å². The van der Waals surface area contributed by atoms with Crippen LogP contribution in [0.5, 0.6) is 0 Å². The van der Waals surface area contributed by atoms with Crippen LogP contribution in [-0.4, -0.2) is 57.6 Å². The minimum Gasteiger partial charge on any atom is -0.463 e. The Labute approximate surface area is 189 Å². The first-order valence-corrected chi connectivity index (χ1v) is 11.0. The number of hydrogen-bond donors (Lipinski definition) is 2. The monoisotopic (exact) mass is 464 g/mol. The maximum atomic E-state index is 12.6. The van der Waals surface area contributed by atoms with Crippen molar-refractivity contribution in [3.05, 3.63) is 22.7 Å². The van der Waals surface area contributed by atoms with Gasteiger partial charge >= 0.3 is 23.6 Å². The molecule has 3 aliphatic carbocycles. The number of nitrogens with zero attached hydrogens (tertiary/aromatic N) is 2. The first-order chi connectivity index (χ1) is 16.3. The minimum atomic E-state index is -2.27. The Balaban J connectivity index is 1.47. The van der Waals surface area contributed by atoms with Gasteiger partial charge in [0.1, 0.15) is 12.7 Å². The van der Waals surface area contributed by atoms with Crippen LogP contribution in [0.2, 0.25) is 0 Å². The van der Waals surface area contributed by atoms with Crippen LogP contribution in [0.25, 0.3) is 0 Å². The normalized spacial score (nSPS) is 31.4. The van der Waals surface area contributed by atoms with Crippen molar-refractivity contribution in [2.45, 2.75) is 63.0 Å². The van der Waals surface area contributed by atoms with Crippen LogP contribution < -0.4 is 11.2 Å². The maximum Gasteiger partial charge on any atom is 0.351 e. The van der Waals surface area contributed by atoms with Gasteiger partial charge in [0.15, 0.2) is 24.2 Å². The van der Waals surface area contributed by atoms with Gasteiger partial charge in [0.2, 0.25) is 0 Å². The lowest BCUT2D eigenvalue weighted by Gasteiger charge is -2.25. The number of esters is 3. The average molecular weight is 464 g/mol. The second-order valence-electron chi connectivity index (χ2n) is 8.76. The Morgan fingerprint density at radius 3 is 2.27 bits per heavy atom. The predicted octanol–water partition coefficient (Wildman–Crippen LogP) is 0.539. The molecule has 1 aliphatic heterocycles. The van der Waals surface area contributed by atoms with Gasteiger partial charge in [0.25, 0.3) is 0 Å². The number of hydrogen-bond acceptors (Lipinski definition) is 11. The molecule has 4 aliphatic rings. The topological polar surface area (TPSA) is 155 Å². The number of anilines is 1. The molecule has 4 fully saturated rings. The highest BCUT2D eigenvalue weighted by atomic mass is 16.7. The van der Waals surface area contributed by atoms with Crippen LogP contribution in [0.15, 0.2) is 17.1 Å². The van der Waals surface area contributed by atoms with E-state index in [0.717, 1.165) is 4.57 Å². The third-order valence-corrected chi connectivity index (χ3v) is 5.95. The second-order valence-corrected chi connectivity index (χ2v) is 8.76. The lowest BCUT2D eigenvalue weighted by atomic mass is 10.1.